The fourth-order valence-corrected chi connectivity index (χ4v) is 7.21. The minimum atomic E-state index is 0.801. The lowest BCUT2D eigenvalue weighted by Gasteiger charge is -2.54. The van der Waals surface area contributed by atoms with E-state index in [0.717, 1.165) is 35.3 Å². The molecule has 142 valence electrons. The Labute approximate surface area is 168 Å². The van der Waals surface area contributed by atoms with Gasteiger partial charge in [-0.2, -0.15) is 0 Å². The van der Waals surface area contributed by atoms with Gasteiger partial charge in [0.2, 0.25) is 0 Å². The van der Waals surface area contributed by atoms with Crippen molar-refractivity contribution in [2.24, 2.45) is 23.7 Å². The third-order valence-electron chi connectivity index (χ3n) is 7.90. The third kappa shape index (κ3) is 2.63. The number of aromatic nitrogens is 1. The second-order valence-electron chi connectivity index (χ2n) is 9.97. The summed E-state index contributed by atoms with van der Waals surface area (Å²) in [5.74, 6) is 4.76. The van der Waals surface area contributed by atoms with Crippen LogP contribution in [0.5, 0.6) is 0 Å². The summed E-state index contributed by atoms with van der Waals surface area (Å²) in [5.41, 5.74) is 6.57. The van der Waals surface area contributed by atoms with E-state index < -0.39 is 0 Å². The molecule has 3 aromatic rings. The maximum Gasteiger partial charge on any atom is 0.0780 e. The minimum absolute atomic E-state index is 0.801. The number of pyridine rings is 1. The molecule has 0 atom stereocenters. The average Bonchev–Trinajstić information content (AvgIpc) is 2.66. The van der Waals surface area contributed by atoms with Crippen LogP contribution in [0.3, 0.4) is 0 Å². The molecule has 0 N–H and O–H groups in total. The van der Waals surface area contributed by atoms with Gasteiger partial charge in [-0.3, -0.25) is 4.98 Å². The lowest BCUT2D eigenvalue weighted by molar-refractivity contribution is -0.00273. The van der Waals surface area contributed by atoms with Gasteiger partial charge in [-0.05, 0) is 105 Å². The molecule has 0 saturated heterocycles. The second-order valence-corrected chi connectivity index (χ2v) is 9.97. The molecule has 7 rings (SSSR count). The van der Waals surface area contributed by atoms with Crippen LogP contribution in [0.15, 0.2) is 48.7 Å². The summed E-state index contributed by atoms with van der Waals surface area (Å²) in [6, 6.07) is 16.3. The minimum Gasteiger partial charge on any atom is -0.256 e. The lowest BCUT2D eigenvalue weighted by Crippen LogP contribution is -2.43. The van der Waals surface area contributed by atoms with Crippen LogP contribution in [0.2, 0.25) is 0 Å². The van der Waals surface area contributed by atoms with Crippen LogP contribution in [0, 0.1) is 37.5 Å². The average molecular weight is 368 g/mol. The van der Waals surface area contributed by atoms with E-state index >= 15 is 0 Å². The summed E-state index contributed by atoms with van der Waals surface area (Å²) >= 11 is 0. The zero-order valence-corrected chi connectivity index (χ0v) is 17.0. The van der Waals surface area contributed by atoms with E-state index in [2.05, 4.69) is 56.3 Å². The van der Waals surface area contributed by atoms with Gasteiger partial charge in [-0.15, -0.1) is 0 Å². The van der Waals surface area contributed by atoms with E-state index in [0.29, 0.717) is 0 Å². The van der Waals surface area contributed by atoms with Crippen LogP contribution < -0.4 is 0 Å². The van der Waals surface area contributed by atoms with E-state index in [-0.39, 0.29) is 0 Å². The normalized spacial score (nSPS) is 30.9. The number of hydrogen-bond donors (Lipinski definition) is 0. The zero-order chi connectivity index (χ0) is 18.8. The maximum atomic E-state index is 4.77. The number of nitrogens with zero attached hydrogens (tertiary/aromatic N) is 1. The summed E-state index contributed by atoms with van der Waals surface area (Å²) in [7, 11) is 0. The predicted octanol–water partition coefficient (Wildman–Crippen LogP) is 7.06. The first-order chi connectivity index (χ1) is 13.6. The molecular weight excluding hydrogens is 338 g/mol. The Morgan fingerprint density at radius 1 is 0.750 bits per heavy atom. The standard InChI is InChI=1S/C27H29N/c1-16-7-17(2)9-24(8-16)27-25-4-3-21(15-20(25)5-6-28-27)26-22-11-18-10-19(13-22)14-23(26)12-18/h3-9,15,18-19,22-23,26H,10-14H2,1-2H3. The largest absolute Gasteiger partial charge is 0.256 e. The van der Waals surface area contributed by atoms with Gasteiger partial charge in [0, 0.05) is 17.1 Å². The van der Waals surface area contributed by atoms with Crippen LogP contribution in [0.1, 0.15) is 54.7 Å². The summed E-state index contributed by atoms with van der Waals surface area (Å²) in [6.45, 7) is 4.35. The fraction of sp³-hybridized carbons (Fsp3) is 0.444. The van der Waals surface area contributed by atoms with E-state index in [4.69, 9.17) is 4.98 Å². The highest BCUT2D eigenvalue weighted by Crippen LogP contribution is 2.59. The molecule has 1 nitrogen and oxygen atoms in total. The van der Waals surface area contributed by atoms with Crippen molar-refractivity contribution >= 4 is 10.8 Å². The maximum absolute atomic E-state index is 4.77. The van der Waals surface area contributed by atoms with Gasteiger partial charge >= 0.3 is 0 Å². The Balaban J connectivity index is 1.43. The summed E-state index contributed by atoms with van der Waals surface area (Å²) in [6.07, 6.45) is 9.47. The van der Waals surface area contributed by atoms with Crippen molar-refractivity contribution < 1.29 is 0 Å². The topological polar surface area (TPSA) is 12.9 Å². The first-order valence-electron chi connectivity index (χ1n) is 11.1. The van der Waals surface area contributed by atoms with Crippen LogP contribution in [-0.2, 0) is 0 Å². The van der Waals surface area contributed by atoms with Crippen LogP contribution in [-0.4, -0.2) is 4.98 Å². The van der Waals surface area contributed by atoms with E-state index in [1.54, 1.807) is 5.56 Å². The highest BCUT2D eigenvalue weighted by Gasteiger charge is 2.48. The van der Waals surface area contributed by atoms with Crippen LogP contribution in [0.25, 0.3) is 22.0 Å². The van der Waals surface area contributed by atoms with E-state index in [1.165, 1.54) is 59.6 Å². The van der Waals surface area contributed by atoms with Crippen molar-refractivity contribution in [3.8, 4) is 11.3 Å². The monoisotopic (exact) mass is 367 g/mol. The molecule has 4 saturated carbocycles. The Hall–Kier alpha value is -2.15. The first-order valence-corrected chi connectivity index (χ1v) is 11.1. The number of aryl methyl sites for hydroxylation is 2. The second kappa shape index (κ2) is 6.17. The van der Waals surface area contributed by atoms with Crippen molar-refractivity contribution in [1.82, 2.24) is 4.98 Å². The van der Waals surface area contributed by atoms with Gasteiger partial charge in [-0.1, -0.05) is 35.4 Å². The lowest BCUT2D eigenvalue weighted by atomic mass is 9.51. The van der Waals surface area contributed by atoms with Crippen LogP contribution in [0.4, 0.5) is 0 Å². The summed E-state index contributed by atoms with van der Waals surface area (Å²) in [4.78, 5) is 4.77. The molecule has 4 aliphatic carbocycles. The molecule has 2 aromatic carbocycles. The predicted molar refractivity (Wildman–Crippen MR) is 116 cm³/mol. The molecule has 1 aromatic heterocycles. The summed E-state index contributed by atoms with van der Waals surface area (Å²) < 4.78 is 0. The summed E-state index contributed by atoms with van der Waals surface area (Å²) in [5, 5.41) is 2.65. The molecule has 0 spiro atoms. The van der Waals surface area contributed by atoms with Gasteiger partial charge in [-0.25, -0.2) is 0 Å². The highest BCUT2D eigenvalue weighted by atomic mass is 14.7. The van der Waals surface area contributed by atoms with Crippen LogP contribution >= 0.6 is 0 Å². The van der Waals surface area contributed by atoms with E-state index in [1.807, 2.05) is 6.20 Å². The van der Waals surface area contributed by atoms with Crippen molar-refractivity contribution in [1.29, 1.82) is 0 Å². The van der Waals surface area contributed by atoms with Crippen molar-refractivity contribution in [2.45, 2.75) is 51.9 Å². The van der Waals surface area contributed by atoms with Gasteiger partial charge in [0.1, 0.15) is 0 Å². The van der Waals surface area contributed by atoms with Crippen molar-refractivity contribution in [3.05, 3.63) is 65.4 Å². The van der Waals surface area contributed by atoms with E-state index in [9.17, 15) is 0 Å². The number of hydrogen-bond acceptors (Lipinski definition) is 1. The Morgan fingerprint density at radius 3 is 2.11 bits per heavy atom. The molecule has 1 heterocycles. The Kier molecular flexibility index (Phi) is 3.70. The molecule has 4 aliphatic rings. The molecule has 0 unspecified atom stereocenters. The molecule has 1 heteroatoms. The molecular formula is C27H29N. The quantitative estimate of drug-likeness (QED) is 0.472. The van der Waals surface area contributed by atoms with Gasteiger partial charge in [0.25, 0.3) is 0 Å². The smallest absolute Gasteiger partial charge is 0.0780 e. The number of rotatable bonds is 2. The highest BCUT2D eigenvalue weighted by molar-refractivity contribution is 5.95. The van der Waals surface area contributed by atoms with Crippen molar-refractivity contribution in [3.63, 3.8) is 0 Å². The number of benzene rings is 2. The first kappa shape index (κ1) is 16.8. The fourth-order valence-electron chi connectivity index (χ4n) is 7.21. The molecule has 0 amide bonds. The van der Waals surface area contributed by atoms with Gasteiger partial charge < -0.3 is 0 Å². The molecule has 0 aliphatic heterocycles. The molecule has 4 bridgehead atoms. The number of fused-ring (bicyclic) bond motifs is 1. The van der Waals surface area contributed by atoms with Gasteiger partial charge in [0.15, 0.2) is 0 Å². The third-order valence-corrected chi connectivity index (χ3v) is 7.90. The molecule has 0 radical (unpaired) electrons. The zero-order valence-electron chi connectivity index (χ0n) is 17.0. The SMILES string of the molecule is Cc1cc(C)cc(-c2nccc3cc(C4C5CC6CC(C5)CC4C6)ccc23)c1. The van der Waals surface area contributed by atoms with Crippen molar-refractivity contribution in [2.75, 3.05) is 0 Å². The Bertz CT molecular complexity index is 1010. The molecule has 28 heavy (non-hydrogen) atoms. The Morgan fingerprint density at radius 2 is 1.43 bits per heavy atom. The molecule has 4 fully saturated rings. The van der Waals surface area contributed by atoms with Gasteiger partial charge in [0.05, 0.1) is 5.69 Å².